The monoisotopic (exact) mass is 276 g/mol. The predicted octanol–water partition coefficient (Wildman–Crippen LogP) is 3.76. The van der Waals surface area contributed by atoms with Crippen LogP contribution in [0.1, 0.15) is 11.3 Å². The van der Waals surface area contributed by atoms with Crippen molar-refractivity contribution in [2.45, 2.75) is 13.5 Å². The van der Waals surface area contributed by atoms with Gasteiger partial charge in [-0.3, -0.25) is 4.98 Å². The Bertz CT molecular complexity index is 469. The highest BCUT2D eigenvalue weighted by Crippen LogP contribution is 2.18. The molecule has 0 unspecified atom stereocenters. The van der Waals surface area contributed by atoms with Gasteiger partial charge in [0.05, 0.1) is 17.6 Å². The molecule has 0 saturated heterocycles. The molecular formula is C13H13BrN2. The van der Waals surface area contributed by atoms with Crippen LogP contribution < -0.4 is 5.32 Å². The van der Waals surface area contributed by atoms with Crippen molar-refractivity contribution in [1.82, 2.24) is 4.98 Å². The molecule has 0 saturated carbocycles. The minimum absolute atomic E-state index is 0.817. The fourth-order valence-electron chi connectivity index (χ4n) is 1.40. The van der Waals surface area contributed by atoms with E-state index in [9.17, 15) is 0 Å². The fraction of sp³-hybridized carbons (Fsp3) is 0.154. The van der Waals surface area contributed by atoms with Gasteiger partial charge in [-0.2, -0.15) is 0 Å². The molecule has 0 spiro atoms. The Labute approximate surface area is 104 Å². The molecule has 3 heteroatoms. The number of benzene rings is 1. The third-order valence-electron chi connectivity index (χ3n) is 2.36. The average molecular weight is 277 g/mol. The number of aromatic nitrogens is 1. The van der Waals surface area contributed by atoms with Crippen molar-refractivity contribution in [2.24, 2.45) is 0 Å². The summed E-state index contributed by atoms with van der Waals surface area (Å²) in [6, 6.07) is 12.4. The van der Waals surface area contributed by atoms with E-state index in [2.05, 4.69) is 38.4 Å². The summed E-state index contributed by atoms with van der Waals surface area (Å²) in [6.07, 6.45) is 1.85. The van der Waals surface area contributed by atoms with Crippen molar-refractivity contribution < 1.29 is 0 Å². The van der Waals surface area contributed by atoms with Crippen LogP contribution in [0.5, 0.6) is 0 Å². The van der Waals surface area contributed by atoms with Crippen molar-refractivity contribution in [3.63, 3.8) is 0 Å². The molecule has 0 fully saturated rings. The first-order chi connectivity index (χ1) is 7.75. The van der Waals surface area contributed by atoms with E-state index in [1.54, 1.807) is 0 Å². The molecule has 0 radical (unpaired) electrons. The highest BCUT2D eigenvalue weighted by Gasteiger charge is 1.98. The Hall–Kier alpha value is -1.35. The lowest BCUT2D eigenvalue weighted by Gasteiger charge is -2.07. The number of anilines is 1. The van der Waals surface area contributed by atoms with Gasteiger partial charge < -0.3 is 5.32 Å². The summed E-state index contributed by atoms with van der Waals surface area (Å²) in [4.78, 5) is 4.28. The zero-order chi connectivity index (χ0) is 11.4. The van der Waals surface area contributed by atoms with Gasteiger partial charge in [0.2, 0.25) is 0 Å². The molecule has 0 atom stereocenters. The second-order valence-electron chi connectivity index (χ2n) is 3.63. The highest BCUT2D eigenvalue weighted by atomic mass is 79.9. The maximum atomic E-state index is 4.28. The van der Waals surface area contributed by atoms with Crippen molar-refractivity contribution in [3.05, 3.63) is 58.3 Å². The molecule has 1 aromatic carbocycles. The smallest absolute Gasteiger partial charge is 0.0540 e. The lowest BCUT2D eigenvalue weighted by molar-refractivity contribution is 1.11. The zero-order valence-electron chi connectivity index (χ0n) is 9.07. The first-order valence-electron chi connectivity index (χ1n) is 5.15. The number of halogens is 1. The lowest BCUT2D eigenvalue weighted by atomic mass is 10.2. The Morgan fingerprint density at radius 1 is 1.25 bits per heavy atom. The summed E-state index contributed by atoms with van der Waals surface area (Å²) in [5.41, 5.74) is 3.30. The number of pyridine rings is 1. The van der Waals surface area contributed by atoms with Gasteiger partial charge in [0.25, 0.3) is 0 Å². The summed E-state index contributed by atoms with van der Waals surface area (Å²) in [6.45, 7) is 2.79. The van der Waals surface area contributed by atoms with Crippen molar-refractivity contribution in [2.75, 3.05) is 5.32 Å². The van der Waals surface area contributed by atoms with Gasteiger partial charge in [-0.25, -0.2) is 0 Å². The second kappa shape index (κ2) is 5.12. The molecule has 0 amide bonds. The Morgan fingerprint density at radius 3 is 2.69 bits per heavy atom. The number of rotatable bonds is 3. The van der Waals surface area contributed by atoms with Gasteiger partial charge in [-0.15, -0.1) is 0 Å². The summed E-state index contributed by atoms with van der Waals surface area (Å²) in [5.74, 6) is 0. The van der Waals surface area contributed by atoms with Crippen molar-refractivity contribution >= 4 is 21.6 Å². The average Bonchev–Trinajstić information content (AvgIpc) is 2.32. The number of nitrogens with zero attached hydrogens (tertiary/aromatic N) is 1. The van der Waals surface area contributed by atoms with Crippen LogP contribution in [0, 0.1) is 6.92 Å². The van der Waals surface area contributed by atoms with Crippen LogP contribution >= 0.6 is 15.9 Å². The van der Waals surface area contributed by atoms with E-state index in [4.69, 9.17) is 0 Å². The summed E-state index contributed by atoms with van der Waals surface area (Å²) < 4.78 is 1.03. The third kappa shape index (κ3) is 2.83. The summed E-state index contributed by atoms with van der Waals surface area (Å²) in [7, 11) is 0. The molecule has 0 bridgehead atoms. The molecule has 1 aromatic heterocycles. The summed E-state index contributed by atoms with van der Waals surface area (Å²) in [5, 5.41) is 3.34. The molecule has 0 aliphatic carbocycles. The van der Waals surface area contributed by atoms with Gasteiger partial charge >= 0.3 is 0 Å². The number of aryl methyl sites for hydroxylation is 1. The van der Waals surface area contributed by atoms with Crippen molar-refractivity contribution in [1.29, 1.82) is 0 Å². The third-order valence-corrected chi connectivity index (χ3v) is 3.17. The molecular weight excluding hydrogens is 264 g/mol. The van der Waals surface area contributed by atoms with Gasteiger partial charge in [0.15, 0.2) is 0 Å². The van der Waals surface area contributed by atoms with Crippen LogP contribution in [0.4, 0.5) is 5.69 Å². The molecule has 16 heavy (non-hydrogen) atoms. The second-order valence-corrected chi connectivity index (χ2v) is 4.48. The van der Waals surface area contributed by atoms with Crippen LogP contribution in [0.2, 0.25) is 0 Å². The molecule has 0 aliphatic rings. The zero-order valence-corrected chi connectivity index (χ0v) is 10.7. The standard InChI is InChI=1S/C13H13BrN2/c1-10-13(14)7-12(9-15-10)16-8-11-5-3-2-4-6-11/h2-7,9,16H,8H2,1H3. The molecule has 2 nitrogen and oxygen atoms in total. The van der Waals surface area contributed by atoms with Crippen LogP contribution in [0.25, 0.3) is 0 Å². The topological polar surface area (TPSA) is 24.9 Å². The van der Waals surface area contributed by atoms with E-state index >= 15 is 0 Å². The minimum atomic E-state index is 0.817. The van der Waals surface area contributed by atoms with Gasteiger partial charge in [0, 0.05) is 11.0 Å². The molecule has 2 rings (SSSR count). The van der Waals surface area contributed by atoms with Crippen LogP contribution in [-0.4, -0.2) is 4.98 Å². The maximum Gasteiger partial charge on any atom is 0.0540 e. The van der Waals surface area contributed by atoms with Gasteiger partial charge in [-0.1, -0.05) is 30.3 Å². The van der Waals surface area contributed by atoms with Crippen LogP contribution in [0.15, 0.2) is 47.1 Å². The van der Waals surface area contributed by atoms with Crippen LogP contribution in [-0.2, 0) is 6.54 Å². The van der Waals surface area contributed by atoms with Gasteiger partial charge in [0.1, 0.15) is 0 Å². The Balaban J connectivity index is 2.03. The normalized spacial score (nSPS) is 10.1. The highest BCUT2D eigenvalue weighted by molar-refractivity contribution is 9.10. The van der Waals surface area contributed by atoms with E-state index < -0.39 is 0 Å². The maximum absolute atomic E-state index is 4.28. The summed E-state index contributed by atoms with van der Waals surface area (Å²) >= 11 is 3.47. The first kappa shape index (κ1) is 11.1. The molecule has 2 aromatic rings. The minimum Gasteiger partial charge on any atom is -0.380 e. The van der Waals surface area contributed by atoms with E-state index in [0.717, 1.165) is 22.4 Å². The first-order valence-corrected chi connectivity index (χ1v) is 5.95. The quantitative estimate of drug-likeness (QED) is 0.923. The molecule has 0 aliphatic heterocycles. The SMILES string of the molecule is Cc1ncc(NCc2ccccc2)cc1Br. The van der Waals surface area contributed by atoms with Crippen LogP contribution in [0.3, 0.4) is 0 Å². The number of nitrogens with one attached hydrogen (secondary N) is 1. The van der Waals surface area contributed by atoms with Crippen molar-refractivity contribution in [3.8, 4) is 0 Å². The molecule has 1 heterocycles. The number of hydrogen-bond acceptors (Lipinski definition) is 2. The van der Waals surface area contributed by atoms with E-state index in [0.29, 0.717) is 0 Å². The lowest BCUT2D eigenvalue weighted by Crippen LogP contribution is -2.00. The fourth-order valence-corrected chi connectivity index (χ4v) is 1.75. The largest absolute Gasteiger partial charge is 0.380 e. The van der Waals surface area contributed by atoms with E-state index in [-0.39, 0.29) is 0 Å². The molecule has 82 valence electrons. The van der Waals surface area contributed by atoms with Gasteiger partial charge in [-0.05, 0) is 34.5 Å². The van der Waals surface area contributed by atoms with E-state index in [1.165, 1.54) is 5.56 Å². The number of hydrogen-bond donors (Lipinski definition) is 1. The molecule has 1 N–H and O–H groups in total. The Kier molecular flexibility index (Phi) is 3.57. The van der Waals surface area contributed by atoms with E-state index in [1.807, 2.05) is 37.4 Å². The predicted molar refractivity (Wildman–Crippen MR) is 70.4 cm³/mol. The Morgan fingerprint density at radius 2 is 2.00 bits per heavy atom.